The molecular weight excluding hydrogens is 276 g/mol. The number of carbonyl (C=O) groups excluding carboxylic acids is 1. The Balaban J connectivity index is 2.16. The predicted molar refractivity (Wildman–Crippen MR) is 65.3 cm³/mol. The van der Waals surface area contributed by atoms with Crippen molar-refractivity contribution in [3.8, 4) is 0 Å². The summed E-state index contributed by atoms with van der Waals surface area (Å²) in [6.45, 7) is 0. The van der Waals surface area contributed by atoms with Crippen LogP contribution in [0.5, 0.6) is 0 Å². The second kappa shape index (κ2) is 5.40. The minimum atomic E-state index is -4.80. The highest BCUT2D eigenvalue weighted by Gasteiger charge is 2.35. The first-order valence-electron chi connectivity index (χ1n) is 6.22. The molecule has 1 aromatic carbocycles. The van der Waals surface area contributed by atoms with E-state index in [0.717, 1.165) is 18.9 Å². The van der Waals surface area contributed by atoms with Crippen molar-refractivity contribution in [2.75, 3.05) is 5.32 Å². The molecular formula is C13H14F4N2O. The molecule has 2 unspecified atom stereocenters. The predicted octanol–water partition coefficient (Wildman–Crippen LogP) is 2.91. The van der Waals surface area contributed by atoms with Crippen LogP contribution in [0.4, 0.5) is 23.2 Å². The van der Waals surface area contributed by atoms with Crippen LogP contribution >= 0.6 is 0 Å². The van der Waals surface area contributed by atoms with E-state index in [1.807, 2.05) is 0 Å². The normalized spacial score (nSPS) is 22.9. The van der Waals surface area contributed by atoms with Gasteiger partial charge in [0.1, 0.15) is 5.82 Å². The van der Waals surface area contributed by atoms with Crippen LogP contribution in [0.15, 0.2) is 18.2 Å². The monoisotopic (exact) mass is 290 g/mol. The number of hydrogen-bond donors (Lipinski definition) is 2. The van der Waals surface area contributed by atoms with Crippen molar-refractivity contribution in [3.05, 3.63) is 29.6 Å². The van der Waals surface area contributed by atoms with Gasteiger partial charge in [0, 0.05) is 11.7 Å². The highest BCUT2D eigenvalue weighted by Crippen LogP contribution is 2.33. The van der Waals surface area contributed by atoms with Crippen LogP contribution in [0, 0.1) is 11.7 Å². The molecule has 1 fully saturated rings. The number of carbonyl (C=O) groups is 1. The summed E-state index contributed by atoms with van der Waals surface area (Å²) in [5.74, 6) is -2.20. The molecule has 2 rings (SSSR count). The Hall–Kier alpha value is -1.63. The highest BCUT2D eigenvalue weighted by molar-refractivity contribution is 5.93. The van der Waals surface area contributed by atoms with Gasteiger partial charge in [-0.25, -0.2) is 4.39 Å². The first kappa shape index (κ1) is 14.8. The number of nitrogens with one attached hydrogen (secondary N) is 1. The molecule has 0 aromatic heterocycles. The number of rotatable bonds is 2. The van der Waals surface area contributed by atoms with Gasteiger partial charge in [-0.05, 0) is 31.0 Å². The molecule has 3 nitrogen and oxygen atoms in total. The lowest BCUT2D eigenvalue weighted by atomic mass is 10.0. The summed E-state index contributed by atoms with van der Waals surface area (Å²) in [5.41, 5.74) is 4.28. The molecule has 0 saturated heterocycles. The van der Waals surface area contributed by atoms with Crippen molar-refractivity contribution in [3.63, 3.8) is 0 Å². The van der Waals surface area contributed by atoms with Gasteiger partial charge in [-0.15, -0.1) is 0 Å². The first-order chi connectivity index (χ1) is 9.29. The SMILES string of the molecule is NC1CCCC1C(=O)Nc1ccc(F)c(C(F)(F)F)c1. The number of anilines is 1. The maximum atomic E-state index is 13.1. The van der Waals surface area contributed by atoms with Gasteiger partial charge in [0.2, 0.25) is 5.91 Å². The molecule has 20 heavy (non-hydrogen) atoms. The molecule has 0 aliphatic heterocycles. The van der Waals surface area contributed by atoms with Gasteiger partial charge in [0.15, 0.2) is 0 Å². The number of halogens is 4. The number of nitrogens with two attached hydrogens (primary N) is 1. The number of benzene rings is 1. The van der Waals surface area contributed by atoms with Crippen molar-refractivity contribution < 1.29 is 22.4 Å². The maximum absolute atomic E-state index is 13.1. The molecule has 2 atom stereocenters. The van der Waals surface area contributed by atoms with Crippen molar-refractivity contribution in [1.29, 1.82) is 0 Å². The van der Waals surface area contributed by atoms with Gasteiger partial charge in [-0.2, -0.15) is 13.2 Å². The number of hydrogen-bond acceptors (Lipinski definition) is 2. The minimum Gasteiger partial charge on any atom is -0.327 e. The molecule has 1 aromatic rings. The van der Waals surface area contributed by atoms with Gasteiger partial charge in [0.25, 0.3) is 0 Å². The fraction of sp³-hybridized carbons (Fsp3) is 0.462. The lowest BCUT2D eigenvalue weighted by molar-refractivity contribution is -0.140. The highest BCUT2D eigenvalue weighted by atomic mass is 19.4. The first-order valence-corrected chi connectivity index (χ1v) is 6.22. The molecule has 0 radical (unpaired) electrons. The zero-order valence-corrected chi connectivity index (χ0v) is 10.5. The van der Waals surface area contributed by atoms with Crippen molar-refractivity contribution in [1.82, 2.24) is 0 Å². The summed E-state index contributed by atoms with van der Waals surface area (Å²) in [5, 5.41) is 2.37. The van der Waals surface area contributed by atoms with Gasteiger partial charge in [-0.3, -0.25) is 4.79 Å². The van der Waals surface area contributed by atoms with Gasteiger partial charge in [-0.1, -0.05) is 6.42 Å². The lowest BCUT2D eigenvalue weighted by Crippen LogP contribution is -2.34. The fourth-order valence-corrected chi connectivity index (χ4v) is 2.37. The van der Waals surface area contributed by atoms with Gasteiger partial charge >= 0.3 is 6.18 Å². The number of alkyl halides is 3. The van der Waals surface area contributed by atoms with Crippen molar-refractivity contribution in [2.24, 2.45) is 11.7 Å². The summed E-state index contributed by atoms with van der Waals surface area (Å²) >= 11 is 0. The third kappa shape index (κ3) is 3.09. The van der Waals surface area contributed by atoms with E-state index in [9.17, 15) is 22.4 Å². The Bertz CT molecular complexity index is 516. The molecule has 0 heterocycles. The third-order valence-corrected chi connectivity index (χ3v) is 3.45. The Kier molecular flexibility index (Phi) is 3.99. The third-order valence-electron chi connectivity index (χ3n) is 3.45. The van der Waals surface area contributed by atoms with E-state index in [4.69, 9.17) is 5.73 Å². The summed E-state index contributed by atoms with van der Waals surface area (Å²) in [7, 11) is 0. The van der Waals surface area contributed by atoms with E-state index >= 15 is 0 Å². The Labute approximate surface area is 113 Å². The molecule has 3 N–H and O–H groups in total. The summed E-state index contributed by atoms with van der Waals surface area (Å²) in [6, 6.07) is 2.10. The van der Waals surface area contributed by atoms with Crippen LogP contribution < -0.4 is 11.1 Å². The lowest BCUT2D eigenvalue weighted by Gasteiger charge is -2.16. The Morgan fingerprint density at radius 3 is 2.55 bits per heavy atom. The van der Waals surface area contributed by atoms with E-state index in [-0.39, 0.29) is 11.7 Å². The maximum Gasteiger partial charge on any atom is 0.419 e. The zero-order chi connectivity index (χ0) is 14.9. The average Bonchev–Trinajstić information content (AvgIpc) is 2.76. The van der Waals surface area contributed by atoms with Crippen molar-refractivity contribution >= 4 is 11.6 Å². The molecule has 110 valence electrons. The Morgan fingerprint density at radius 2 is 2.00 bits per heavy atom. The van der Waals surface area contributed by atoms with Crippen LogP contribution in [0.2, 0.25) is 0 Å². The van der Waals surface area contributed by atoms with Crippen LogP contribution in [0.3, 0.4) is 0 Å². The zero-order valence-electron chi connectivity index (χ0n) is 10.5. The number of amides is 1. The standard InChI is InChI=1S/C13H14F4N2O/c14-10-5-4-7(6-9(10)13(15,16)17)19-12(20)8-2-1-3-11(8)18/h4-6,8,11H,1-3,18H2,(H,19,20). The van der Waals surface area contributed by atoms with Crippen LogP contribution in [0.25, 0.3) is 0 Å². The van der Waals surface area contributed by atoms with Gasteiger partial charge in [0.05, 0.1) is 11.5 Å². The van der Waals surface area contributed by atoms with Crippen molar-refractivity contribution in [2.45, 2.75) is 31.5 Å². The Morgan fingerprint density at radius 1 is 1.30 bits per heavy atom. The smallest absolute Gasteiger partial charge is 0.327 e. The molecule has 1 aliphatic carbocycles. The average molecular weight is 290 g/mol. The summed E-state index contributed by atoms with van der Waals surface area (Å²) < 4.78 is 50.8. The van der Waals surface area contributed by atoms with Crippen LogP contribution in [0.1, 0.15) is 24.8 Å². The van der Waals surface area contributed by atoms with E-state index in [0.29, 0.717) is 18.6 Å². The topological polar surface area (TPSA) is 55.1 Å². The molecule has 1 amide bonds. The van der Waals surface area contributed by atoms with Crippen LogP contribution in [-0.2, 0) is 11.0 Å². The minimum absolute atomic E-state index is 0.0807. The van der Waals surface area contributed by atoms with E-state index < -0.39 is 29.4 Å². The van der Waals surface area contributed by atoms with E-state index in [1.54, 1.807) is 0 Å². The second-order valence-corrected chi connectivity index (χ2v) is 4.88. The fourth-order valence-electron chi connectivity index (χ4n) is 2.37. The quantitative estimate of drug-likeness (QED) is 0.823. The molecule has 1 aliphatic rings. The molecule has 7 heteroatoms. The summed E-state index contributed by atoms with van der Waals surface area (Å²) in [4.78, 5) is 11.9. The van der Waals surface area contributed by atoms with Gasteiger partial charge < -0.3 is 11.1 Å². The van der Waals surface area contributed by atoms with Crippen LogP contribution in [-0.4, -0.2) is 11.9 Å². The summed E-state index contributed by atoms with van der Waals surface area (Å²) in [6.07, 6.45) is -2.65. The second-order valence-electron chi connectivity index (χ2n) is 4.88. The molecule has 0 spiro atoms. The van der Waals surface area contributed by atoms with E-state index in [2.05, 4.69) is 5.32 Å². The van der Waals surface area contributed by atoms with E-state index in [1.165, 1.54) is 0 Å². The molecule has 0 bridgehead atoms. The molecule has 1 saturated carbocycles. The largest absolute Gasteiger partial charge is 0.419 e.